The molecule has 0 unspecified atom stereocenters. The van der Waals surface area contributed by atoms with Crippen molar-refractivity contribution >= 4 is 99.7 Å². The van der Waals surface area contributed by atoms with Crippen LogP contribution in [0.15, 0.2) is 29.9 Å². The molecule has 0 aliphatic carbocycles. The molecule has 79 heavy (non-hydrogen) atoms. The van der Waals surface area contributed by atoms with E-state index < -0.39 is 146 Å². The predicted octanol–water partition coefficient (Wildman–Crippen LogP) is 1.01. The third kappa shape index (κ3) is 17.1. The van der Waals surface area contributed by atoms with E-state index in [1.807, 2.05) is 19.0 Å². The van der Waals surface area contributed by atoms with Gasteiger partial charge in [0.1, 0.15) is 42.5 Å². The Kier molecular flexibility index (Phi) is 21.7. The van der Waals surface area contributed by atoms with Crippen LogP contribution in [0, 0.1) is 0 Å². The van der Waals surface area contributed by atoms with E-state index in [0.717, 1.165) is 88.1 Å². The molecule has 5 heterocycles. The molecule has 430 valence electrons. The van der Waals surface area contributed by atoms with E-state index >= 15 is 4.79 Å². The second kappa shape index (κ2) is 27.8. The van der Waals surface area contributed by atoms with Crippen LogP contribution in [0.5, 0.6) is 0 Å². The van der Waals surface area contributed by atoms with Gasteiger partial charge in [0.25, 0.3) is 17.7 Å². The Labute approximate surface area is 454 Å². The lowest BCUT2D eigenvalue weighted by Gasteiger charge is -2.45. The molecular formula is C48H60N8O22S. The highest BCUT2D eigenvalue weighted by Crippen LogP contribution is 2.39. The number of anilines is 3. The minimum Gasteiger partial charge on any atom is -0.463 e. The number of nitrogens with one attached hydrogen (secondary N) is 4. The van der Waals surface area contributed by atoms with Crippen LogP contribution in [0.4, 0.5) is 16.5 Å². The lowest BCUT2D eigenvalue weighted by atomic mass is 9.97. The first-order valence-corrected chi connectivity index (χ1v) is 24.9. The molecule has 3 aromatic rings. The quantitative estimate of drug-likeness (QED) is 0.0445. The summed E-state index contributed by atoms with van der Waals surface area (Å²) in [5.41, 5.74) is -1.26. The van der Waals surface area contributed by atoms with Crippen molar-refractivity contribution in [2.75, 3.05) is 56.3 Å². The fraction of sp³-hybridized carbons (Fsp3) is 0.521. The zero-order valence-electron chi connectivity index (χ0n) is 44.5. The number of rotatable bonds is 23. The number of aromatic nitrogens is 3. The molecular weight excluding hydrogens is 1070 g/mol. The van der Waals surface area contributed by atoms with Crippen LogP contribution < -0.4 is 21.3 Å². The number of thiazole rings is 1. The van der Waals surface area contributed by atoms with Crippen molar-refractivity contribution in [3.05, 3.63) is 47.0 Å². The molecule has 3 aromatic heterocycles. The van der Waals surface area contributed by atoms with Crippen LogP contribution in [0.3, 0.4) is 0 Å². The molecule has 2 aliphatic heterocycles. The van der Waals surface area contributed by atoms with Crippen molar-refractivity contribution in [3.8, 4) is 0 Å². The highest BCUT2D eigenvalue weighted by molar-refractivity contribution is 7.14. The molecule has 0 spiro atoms. The molecule has 0 saturated carbocycles. The van der Waals surface area contributed by atoms with E-state index in [-0.39, 0.29) is 34.4 Å². The molecule has 4 N–H and O–H groups in total. The third-order valence-corrected chi connectivity index (χ3v) is 11.9. The molecule has 4 amide bonds. The highest BCUT2D eigenvalue weighted by Gasteiger charge is 2.55. The number of hydrogen-bond donors (Lipinski definition) is 4. The zero-order valence-corrected chi connectivity index (χ0v) is 45.3. The number of carbonyl (C=O) groups is 12. The van der Waals surface area contributed by atoms with Crippen LogP contribution in [0.1, 0.15) is 106 Å². The summed E-state index contributed by atoms with van der Waals surface area (Å²) in [4.78, 5) is 160. The number of ether oxygens (including phenoxy) is 10. The number of carbonyl (C=O) groups excluding carboxylic acids is 12. The third-order valence-electron chi connectivity index (χ3n) is 11.1. The second-order valence-electron chi connectivity index (χ2n) is 17.8. The molecule has 5 rings (SSSR count). The number of esters is 8. The Morgan fingerprint density at radius 1 is 0.582 bits per heavy atom. The molecule has 0 bridgehead atoms. The van der Waals surface area contributed by atoms with E-state index in [9.17, 15) is 52.7 Å². The van der Waals surface area contributed by atoms with E-state index in [1.165, 1.54) is 17.6 Å². The van der Waals surface area contributed by atoms with Crippen molar-refractivity contribution in [2.45, 2.75) is 123 Å². The summed E-state index contributed by atoms with van der Waals surface area (Å²) in [5, 5.41) is 11.7. The van der Waals surface area contributed by atoms with Gasteiger partial charge in [-0.05, 0) is 39.2 Å². The average molecular weight is 1130 g/mol. The van der Waals surface area contributed by atoms with Gasteiger partial charge in [-0.1, -0.05) is 0 Å². The van der Waals surface area contributed by atoms with Gasteiger partial charge in [-0.25, -0.2) is 4.98 Å². The summed E-state index contributed by atoms with van der Waals surface area (Å²) >= 11 is 0.913. The maximum Gasteiger partial charge on any atom is 0.303 e. The highest BCUT2D eigenvalue weighted by atomic mass is 32.1. The van der Waals surface area contributed by atoms with E-state index in [0.29, 0.717) is 19.4 Å². The van der Waals surface area contributed by atoms with Gasteiger partial charge in [-0.3, -0.25) is 57.5 Å². The van der Waals surface area contributed by atoms with Crippen molar-refractivity contribution < 1.29 is 105 Å². The van der Waals surface area contributed by atoms with Crippen molar-refractivity contribution in [1.29, 1.82) is 0 Å². The topological polar surface area (TPSA) is 371 Å². The smallest absolute Gasteiger partial charge is 0.303 e. The van der Waals surface area contributed by atoms with Crippen LogP contribution in [-0.2, 0) is 90.5 Å². The Balaban J connectivity index is 1.72. The van der Waals surface area contributed by atoms with E-state index in [1.54, 1.807) is 0 Å². The van der Waals surface area contributed by atoms with Gasteiger partial charge in [0.05, 0.1) is 11.4 Å². The van der Waals surface area contributed by atoms with E-state index in [2.05, 4.69) is 26.3 Å². The monoisotopic (exact) mass is 1130 g/mol. The fourth-order valence-corrected chi connectivity index (χ4v) is 8.96. The first kappa shape index (κ1) is 61.6. The lowest BCUT2D eigenvalue weighted by molar-refractivity contribution is -0.268. The van der Waals surface area contributed by atoms with Crippen LogP contribution in [0.25, 0.3) is 0 Å². The minimum absolute atomic E-state index is 0.0627. The summed E-state index contributed by atoms with van der Waals surface area (Å²) < 4.78 is 59.1. The number of hydrogen-bond acceptors (Lipinski definition) is 25. The summed E-state index contributed by atoms with van der Waals surface area (Å²) in [6.07, 6.45) is -13.5. The molecule has 30 nitrogen and oxygen atoms in total. The Morgan fingerprint density at radius 3 is 1.39 bits per heavy atom. The number of nitrogens with zero attached hydrogens (tertiary/aromatic N) is 4. The summed E-state index contributed by atoms with van der Waals surface area (Å²) in [7, 11) is 3.64. The predicted molar refractivity (Wildman–Crippen MR) is 266 cm³/mol. The van der Waals surface area contributed by atoms with Gasteiger partial charge in [-0.2, -0.15) is 0 Å². The Bertz CT molecular complexity index is 2790. The molecule has 0 radical (unpaired) electrons. The molecule has 10 atom stereocenters. The normalized spacial score (nSPS) is 22.4. The molecule has 2 aliphatic rings. The molecule has 2 fully saturated rings. The first-order valence-electron chi connectivity index (χ1n) is 24.0. The van der Waals surface area contributed by atoms with Gasteiger partial charge in [-0.15, -0.1) is 11.3 Å². The average Bonchev–Trinajstić information content (AvgIpc) is 4.14. The van der Waals surface area contributed by atoms with Crippen LogP contribution in [0.2, 0.25) is 0 Å². The van der Waals surface area contributed by atoms with Crippen molar-refractivity contribution in [3.63, 3.8) is 0 Å². The van der Waals surface area contributed by atoms with Gasteiger partial charge in [0, 0.05) is 79.7 Å². The zero-order chi connectivity index (χ0) is 58.4. The minimum atomic E-state index is -1.79. The lowest BCUT2D eigenvalue weighted by Crippen LogP contribution is -2.60. The van der Waals surface area contributed by atoms with Gasteiger partial charge >= 0.3 is 47.8 Å². The van der Waals surface area contributed by atoms with Gasteiger partial charge in [0.15, 0.2) is 54.2 Å². The van der Waals surface area contributed by atoms with Crippen LogP contribution >= 0.6 is 11.3 Å². The summed E-state index contributed by atoms with van der Waals surface area (Å²) in [5.74, 6) is -9.99. The molecule has 31 heteroatoms. The maximum atomic E-state index is 15.0. The summed E-state index contributed by atoms with van der Waals surface area (Å²) in [6, 6.07) is 2.32. The van der Waals surface area contributed by atoms with Gasteiger partial charge < -0.3 is 82.7 Å². The van der Waals surface area contributed by atoms with Gasteiger partial charge in [0.2, 0.25) is 6.41 Å². The van der Waals surface area contributed by atoms with Crippen molar-refractivity contribution in [2.24, 2.45) is 0 Å². The Morgan fingerprint density at radius 2 is 0.987 bits per heavy atom. The fourth-order valence-electron chi connectivity index (χ4n) is 8.31. The van der Waals surface area contributed by atoms with Crippen molar-refractivity contribution in [1.82, 2.24) is 24.3 Å². The molecule has 0 aromatic carbocycles. The van der Waals surface area contributed by atoms with E-state index in [4.69, 9.17) is 47.4 Å². The summed E-state index contributed by atoms with van der Waals surface area (Å²) in [6.45, 7) is 7.62. The maximum absolute atomic E-state index is 15.0. The second-order valence-corrected chi connectivity index (χ2v) is 18.7. The largest absolute Gasteiger partial charge is 0.463 e. The SMILES string of the molecule is CC(=O)OC[C@H]1O[C@H](n2cc(NC(=O)c3cc(NC(=O)c4csc(NC=O)n4)cn3[C@H]3O[C@H](COC(C)=O)[C@@H](OC(C)=O)[C@@H](OC(C)=O)[C@H]3OC(C)=O)cc2C(=O)NCCCN(C)C)[C@H](OC(C)=O)[C@H](OC(C)=O)[C@@H]1OC(C)=O. The first-order chi connectivity index (χ1) is 37.3. The Hall–Kier alpha value is -8.29. The van der Waals surface area contributed by atoms with Crippen LogP contribution in [-0.4, -0.2) is 180 Å². The number of amides is 4. The molecule has 2 saturated heterocycles. The standard InChI is InChI=1S/C48H60N8O22S/c1-22(58)69-18-35-37(71-24(3)60)39(73-26(5)62)41(75-28(7)64)46(77-35)55-17-31(14-33(55)44(67)49-12-11-13-54(9)10)52-45(68)34-15-30(51-43(66)32-20-79-48(53-32)50-21-57)16-56(34)47-42(76-29(8)65)40(74-27(6)63)38(72-25(4)61)36(78-47)19-70-23(2)59/h14-17,20-21,35-42,46-47H,11-13,18-19H2,1-10H3,(H,49,67)(H,51,66)(H,52,68)(H,50,53,57)/t35-,36-,37-,38-,39-,40-,41-,42-,46+,47+/m1/s1.